The topological polar surface area (TPSA) is 38.9 Å². The van der Waals surface area contributed by atoms with Gasteiger partial charge >= 0.3 is 0 Å². The summed E-state index contributed by atoms with van der Waals surface area (Å²) in [5.41, 5.74) is 5.59. The van der Waals surface area contributed by atoms with Gasteiger partial charge in [0.05, 0.1) is 0 Å². The van der Waals surface area contributed by atoms with Crippen LogP contribution in [0.5, 0.6) is 0 Å². The first-order valence-corrected chi connectivity index (χ1v) is 5.58. The van der Waals surface area contributed by atoms with Gasteiger partial charge in [0.1, 0.15) is 5.82 Å². The zero-order valence-corrected chi connectivity index (χ0v) is 9.42. The predicted molar refractivity (Wildman–Crippen MR) is 64.2 cm³/mol. The number of hydrogen-bond acceptors (Lipinski definition) is 3. The van der Waals surface area contributed by atoms with Gasteiger partial charge in [0, 0.05) is 21.0 Å². The molecule has 1 aromatic heterocycles. The maximum Gasteiger partial charge on any atom is 0.124 e. The molecule has 2 N–H and O–H groups in total. The lowest BCUT2D eigenvalue weighted by Gasteiger charge is -2.02. The van der Waals surface area contributed by atoms with Gasteiger partial charge in [0.2, 0.25) is 0 Å². The summed E-state index contributed by atoms with van der Waals surface area (Å²) in [5.74, 6) is 0.530. The van der Waals surface area contributed by atoms with E-state index in [1.807, 2.05) is 36.4 Å². The highest BCUT2D eigenvalue weighted by molar-refractivity contribution is 7.99. The molecule has 2 aromatic rings. The third-order valence-electron chi connectivity index (χ3n) is 1.78. The Morgan fingerprint density at radius 3 is 2.67 bits per heavy atom. The summed E-state index contributed by atoms with van der Waals surface area (Å²) in [6.45, 7) is 0. The number of anilines is 1. The van der Waals surface area contributed by atoms with E-state index < -0.39 is 0 Å². The van der Waals surface area contributed by atoms with E-state index in [4.69, 9.17) is 17.3 Å². The lowest BCUT2D eigenvalue weighted by Crippen LogP contribution is -1.88. The zero-order chi connectivity index (χ0) is 10.7. The second-order valence-electron chi connectivity index (χ2n) is 2.98. The van der Waals surface area contributed by atoms with Gasteiger partial charge in [-0.05, 0) is 30.3 Å². The molecule has 0 saturated heterocycles. The minimum atomic E-state index is 0.530. The zero-order valence-electron chi connectivity index (χ0n) is 7.85. The molecule has 0 aliphatic rings. The number of aromatic nitrogens is 1. The fraction of sp³-hybridized carbons (Fsp3) is 0. The molecule has 0 spiro atoms. The largest absolute Gasteiger partial charge is 0.384 e. The summed E-state index contributed by atoms with van der Waals surface area (Å²) < 4.78 is 0. The van der Waals surface area contributed by atoms with Crippen LogP contribution in [-0.2, 0) is 0 Å². The number of pyridine rings is 1. The van der Waals surface area contributed by atoms with Crippen molar-refractivity contribution in [3.05, 3.63) is 47.6 Å². The Bertz CT molecular complexity index is 430. The monoisotopic (exact) mass is 236 g/mol. The minimum Gasteiger partial charge on any atom is -0.384 e. The first-order chi connectivity index (χ1) is 7.24. The van der Waals surface area contributed by atoms with Crippen LogP contribution in [0.25, 0.3) is 0 Å². The molecule has 0 aliphatic carbocycles. The lowest BCUT2D eigenvalue weighted by atomic mass is 10.4. The number of benzene rings is 1. The van der Waals surface area contributed by atoms with Crippen LogP contribution in [0.2, 0.25) is 5.02 Å². The molecular formula is C11H9ClN2S. The molecule has 0 saturated carbocycles. The molecule has 0 bridgehead atoms. The second-order valence-corrected chi connectivity index (χ2v) is 4.56. The molecule has 15 heavy (non-hydrogen) atoms. The Morgan fingerprint density at radius 2 is 1.93 bits per heavy atom. The van der Waals surface area contributed by atoms with Gasteiger partial charge < -0.3 is 5.73 Å². The Morgan fingerprint density at radius 1 is 1.13 bits per heavy atom. The summed E-state index contributed by atoms with van der Waals surface area (Å²) >= 11 is 7.50. The molecular weight excluding hydrogens is 228 g/mol. The Hall–Kier alpha value is -1.19. The molecule has 1 heterocycles. The van der Waals surface area contributed by atoms with Crippen LogP contribution in [0, 0.1) is 0 Å². The summed E-state index contributed by atoms with van der Waals surface area (Å²) in [5, 5.41) is 0.738. The van der Waals surface area contributed by atoms with Gasteiger partial charge in [-0.3, -0.25) is 0 Å². The predicted octanol–water partition coefficient (Wildman–Crippen LogP) is 3.47. The summed E-state index contributed by atoms with van der Waals surface area (Å²) in [7, 11) is 0. The van der Waals surface area contributed by atoms with E-state index in [0.717, 1.165) is 14.8 Å². The van der Waals surface area contributed by atoms with Crippen molar-refractivity contribution in [2.75, 3.05) is 5.73 Å². The first-order valence-electron chi connectivity index (χ1n) is 4.39. The minimum absolute atomic E-state index is 0.530. The molecule has 2 nitrogen and oxygen atoms in total. The quantitative estimate of drug-likeness (QED) is 0.868. The maximum absolute atomic E-state index is 5.89. The number of halogens is 1. The number of nitrogens with two attached hydrogens (primary N) is 1. The summed E-state index contributed by atoms with van der Waals surface area (Å²) in [4.78, 5) is 6.09. The van der Waals surface area contributed by atoms with Gasteiger partial charge in [-0.15, -0.1) is 0 Å². The van der Waals surface area contributed by atoms with Crippen molar-refractivity contribution in [3.8, 4) is 0 Å². The molecule has 0 amide bonds. The van der Waals surface area contributed by atoms with Crippen molar-refractivity contribution >= 4 is 29.2 Å². The van der Waals surface area contributed by atoms with Crippen molar-refractivity contribution in [1.82, 2.24) is 4.98 Å². The summed E-state index contributed by atoms with van der Waals surface area (Å²) in [6, 6.07) is 11.5. The van der Waals surface area contributed by atoms with Crippen molar-refractivity contribution in [2.24, 2.45) is 0 Å². The van der Waals surface area contributed by atoms with Crippen LogP contribution in [0.4, 0.5) is 5.82 Å². The average molecular weight is 237 g/mol. The standard InChI is InChI=1S/C11H9ClN2S/c12-8-2-1-3-9(6-8)15-10-4-5-14-11(13)7-10/h1-7H,(H2,13,14). The molecule has 0 radical (unpaired) electrons. The first kappa shape index (κ1) is 10.3. The third kappa shape index (κ3) is 2.88. The van der Waals surface area contributed by atoms with Crippen LogP contribution < -0.4 is 5.73 Å². The molecule has 0 aliphatic heterocycles. The maximum atomic E-state index is 5.89. The smallest absolute Gasteiger partial charge is 0.124 e. The number of nitrogens with zero attached hydrogens (tertiary/aromatic N) is 1. The molecule has 1 aromatic carbocycles. The highest BCUT2D eigenvalue weighted by Gasteiger charge is 1.98. The molecule has 4 heteroatoms. The van der Waals surface area contributed by atoms with E-state index in [1.165, 1.54) is 0 Å². The van der Waals surface area contributed by atoms with Crippen LogP contribution in [0.3, 0.4) is 0 Å². The molecule has 2 rings (SSSR count). The van der Waals surface area contributed by atoms with E-state index in [1.54, 1.807) is 18.0 Å². The molecule has 76 valence electrons. The average Bonchev–Trinajstić information content (AvgIpc) is 2.17. The van der Waals surface area contributed by atoms with Crippen molar-refractivity contribution in [1.29, 1.82) is 0 Å². The Kier molecular flexibility index (Phi) is 3.14. The molecule has 0 atom stereocenters. The van der Waals surface area contributed by atoms with E-state index in [2.05, 4.69) is 4.98 Å². The van der Waals surface area contributed by atoms with E-state index in [9.17, 15) is 0 Å². The SMILES string of the molecule is Nc1cc(Sc2cccc(Cl)c2)ccn1. The number of rotatable bonds is 2. The van der Waals surface area contributed by atoms with Crippen LogP contribution in [-0.4, -0.2) is 4.98 Å². The normalized spacial score (nSPS) is 10.2. The lowest BCUT2D eigenvalue weighted by molar-refractivity contribution is 1.27. The third-order valence-corrected chi connectivity index (χ3v) is 3.00. The molecule has 0 fully saturated rings. The van der Waals surface area contributed by atoms with Gasteiger partial charge in [-0.2, -0.15) is 0 Å². The van der Waals surface area contributed by atoms with Crippen LogP contribution in [0.1, 0.15) is 0 Å². The van der Waals surface area contributed by atoms with E-state index in [-0.39, 0.29) is 0 Å². The van der Waals surface area contributed by atoms with Crippen molar-refractivity contribution < 1.29 is 0 Å². The fourth-order valence-electron chi connectivity index (χ4n) is 1.16. The van der Waals surface area contributed by atoms with Crippen molar-refractivity contribution in [3.63, 3.8) is 0 Å². The van der Waals surface area contributed by atoms with Gasteiger partial charge in [-0.1, -0.05) is 29.4 Å². The fourth-order valence-corrected chi connectivity index (χ4v) is 2.33. The number of hydrogen-bond donors (Lipinski definition) is 1. The summed E-state index contributed by atoms with van der Waals surface area (Å²) in [6.07, 6.45) is 1.70. The second kappa shape index (κ2) is 4.55. The van der Waals surface area contributed by atoms with Gasteiger partial charge in [-0.25, -0.2) is 4.98 Å². The van der Waals surface area contributed by atoms with Crippen molar-refractivity contribution in [2.45, 2.75) is 9.79 Å². The number of nitrogen functional groups attached to an aromatic ring is 1. The highest BCUT2D eigenvalue weighted by atomic mass is 35.5. The van der Waals surface area contributed by atoms with Crippen LogP contribution in [0.15, 0.2) is 52.4 Å². The molecule has 0 unspecified atom stereocenters. The highest BCUT2D eigenvalue weighted by Crippen LogP contribution is 2.29. The van der Waals surface area contributed by atoms with E-state index in [0.29, 0.717) is 5.82 Å². The van der Waals surface area contributed by atoms with E-state index >= 15 is 0 Å². The Labute approximate surface area is 97.5 Å². The van der Waals surface area contributed by atoms with Gasteiger partial charge in [0.25, 0.3) is 0 Å². The Balaban J connectivity index is 2.22. The van der Waals surface area contributed by atoms with Gasteiger partial charge in [0.15, 0.2) is 0 Å². The van der Waals surface area contributed by atoms with Crippen LogP contribution >= 0.6 is 23.4 Å².